The number of nitrogens with one attached hydrogen (secondary N) is 2. The summed E-state index contributed by atoms with van der Waals surface area (Å²) in [5.41, 5.74) is 1.48. The fourth-order valence-electron chi connectivity index (χ4n) is 3.63. The molecule has 0 spiro atoms. The van der Waals surface area contributed by atoms with E-state index in [1.165, 1.54) is 17.0 Å². The van der Waals surface area contributed by atoms with E-state index in [4.69, 9.17) is 0 Å². The standard InChI is InChI=1S/C22H27FN4O3/c1-4-9-27-17-13-26(10-8-18(28)24-12-14(2)3)21(29)19(17)20(25-22(27)30)15-6-5-7-16(23)11-15/h4-7,11,14,20H,1,8-10,12-13H2,2-3H3,(H,24,28)(H,25,30). The molecule has 0 aliphatic carbocycles. The summed E-state index contributed by atoms with van der Waals surface area (Å²) < 4.78 is 13.8. The summed E-state index contributed by atoms with van der Waals surface area (Å²) in [6.45, 7) is 8.98. The van der Waals surface area contributed by atoms with Gasteiger partial charge in [-0.25, -0.2) is 9.18 Å². The molecule has 2 aliphatic rings. The summed E-state index contributed by atoms with van der Waals surface area (Å²) in [6, 6.07) is 4.74. The Balaban J connectivity index is 1.82. The van der Waals surface area contributed by atoms with E-state index in [0.717, 1.165) is 0 Å². The second kappa shape index (κ2) is 9.11. The van der Waals surface area contributed by atoms with Crippen LogP contribution in [0.5, 0.6) is 0 Å². The Kier molecular flexibility index (Phi) is 6.54. The number of urea groups is 1. The number of halogens is 1. The molecule has 0 bridgehead atoms. The maximum Gasteiger partial charge on any atom is 0.322 e. The highest BCUT2D eigenvalue weighted by Gasteiger charge is 2.43. The molecule has 2 heterocycles. The lowest BCUT2D eigenvalue weighted by Gasteiger charge is -2.33. The summed E-state index contributed by atoms with van der Waals surface area (Å²) >= 11 is 0. The molecule has 1 atom stereocenters. The highest BCUT2D eigenvalue weighted by molar-refractivity contribution is 6.01. The van der Waals surface area contributed by atoms with Gasteiger partial charge in [0.05, 0.1) is 23.9 Å². The van der Waals surface area contributed by atoms with Crippen molar-refractivity contribution in [2.24, 2.45) is 5.92 Å². The molecule has 0 saturated heterocycles. The maximum absolute atomic E-state index is 13.8. The van der Waals surface area contributed by atoms with Gasteiger partial charge in [-0.1, -0.05) is 32.1 Å². The van der Waals surface area contributed by atoms with Crippen LogP contribution in [0.25, 0.3) is 0 Å². The Labute approximate surface area is 175 Å². The molecule has 4 amide bonds. The first kappa shape index (κ1) is 21.5. The number of carbonyl (C=O) groups excluding carboxylic acids is 3. The van der Waals surface area contributed by atoms with Crippen molar-refractivity contribution in [3.05, 3.63) is 59.6 Å². The third-order valence-electron chi connectivity index (χ3n) is 5.11. The van der Waals surface area contributed by atoms with Crippen molar-refractivity contribution in [2.45, 2.75) is 26.3 Å². The molecule has 2 N–H and O–H groups in total. The molecule has 7 nitrogen and oxygen atoms in total. The molecular formula is C22H27FN4O3. The number of benzene rings is 1. The second-order valence-corrected chi connectivity index (χ2v) is 7.87. The smallest absolute Gasteiger partial charge is 0.322 e. The lowest BCUT2D eigenvalue weighted by atomic mass is 9.95. The van der Waals surface area contributed by atoms with Crippen molar-refractivity contribution in [3.63, 3.8) is 0 Å². The van der Waals surface area contributed by atoms with Gasteiger partial charge in [-0.2, -0.15) is 0 Å². The third-order valence-corrected chi connectivity index (χ3v) is 5.11. The highest BCUT2D eigenvalue weighted by Crippen LogP contribution is 2.36. The van der Waals surface area contributed by atoms with Crippen molar-refractivity contribution >= 4 is 17.8 Å². The largest absolute Gasteiger partial charge is 0.356 e. The van der Waals surface area contributed by atoms with Crippen LogP contribution in [0.2, 0.25) is 0 Å². The number of hydrogen-bond acceptors (Lipinski definition) is 3. The van der Waals surface area contributed by atoms with Gasteiger partial charge >= 0.3 is 6.03 Å². The summed E-state index contributed by atoms with van der Waals surface area (Å²) in [5, 5.41) is 5.64. The first-order valence-corrected chi connectivity index (χ1v) is 10.0. The molecular weight excluding hydrogens is 387 g/mol. The number of hydrogen-bond donors (Lipinski definition) is 2. The van der Waals surface area contributed by atoms with E-state index in [9.17, 15) is 18.8 Å². The average Bonchev–Trinajstić information content (AvgIpc) is 3.03. The van der Waals surface area contributed by atoms with Gasteiger partial charge in [-0.15, -0.1) is 6.58 Å². The second-order valence-electron chi connectivity index (χ2n) is 7.87. The Morgan fingerprint density at radius 2 is 2.17 bits per heavy atom. The lowest BCUT2D eigenvalue weighted by Crippen LogP contribution is -2.47. The molecule has 3 rings (SSSR count). The van der Waals surface area contributed by atoms with Crippen LogP contribution < -0.4 is 10.6 Å². The van der Waals surface area contributed by atoms with Gasteiger partial charge < -0.3 is 15.5 Å². The number of carbonyl (C=O) groups is 3. The molecule has 0 aromatic heterocycles. The fraction of sp³-hybridized carbons (Fsp3) is 0.409. The topological polar surface area (TPSA) is 81.8 Å². The summed E-state index contributed by atoms with van der Waals surface area (Å²) in [5.74, 6) is -0.486. The fourth-order valence-corrected chi connectivity index (χ4v) is 3.63. The van der Waals surface area contributed by atoms with E-state index < -0.39 is 11.9 Å². The summed E-state index contributed by atoms with van der Waals surface area (Å²) in [6.07, 6.45) is 1.76. The highest BCUT2D eigenvalue weighted by atomic mass is 19.1. The van der Waals surface area contributed by atoms with Crippen LogP contribution in [0, 0.1) is 11.7 Å². The summed E-state index contributed by atoms with van der Waals surface area (Å²) in [7, 11) is 0. The minimum absolute atomic E-state index is 0.125. The van der Waals surface area contributed by atoms with Crippen LogP contribution in [0.1, 0.15) is 31.9 Å². The van der Waals surface area contributed by atoms with Crippen molar-refractivity contribution in [1.82, 2.24) is 20.4 Å². The third kappa shape index (κ3) is 4.53. The van der Waals surface area contributed by atoms with E-state index in [0.29, 0.717) is 29.3 Å². The van der Waals surface area contributed by atoms with Gasteiger partial charge in [-0.05, 0) is 23.6 Å². The SMILES string of the molecule is C=CCN1C(=O)NC(c2cccc(F)c2)C2=C1CN(CCC(=O)NCC(C)C)C2=O. The zero-order valence-electron chi connectivity index (χ0n) is 17.3. The monoisotopic (exact) mass is 414 g/mol. The van der Waals surface area contributed by atoms with Gasteiger partial charge in [0, 0.05) is 26.1 Å². The van der Waals surface area contributed by atoms with Crippen LogP contribution in [0.4, 0.5) is 9.18 Å². The van der Waals surface area contributed by atoms with E-state index in [1.807, 2.05) is 13.8 Å². The Morgan fingerprint density at radius 1 is 1.40 bits per heavy atom. The van der Waals surface area contributed by atoms with Crippen LogP contribution in [0.15, 0.2) is 48.2 Å². The van der Waals surface area contributed by atoms with Crippen molar-refractivity contribution in [1.29, 1.82) is 0 Å². The molecule has 1 aromatic rings. The van der Waals surface area contributed by atoms with Crippen LogP contribution in [-0.2, 0) is 9.59 Å². The van der Waals surface area contributed by atoms with E-state index in [1.54, 1.807) is 23.1 Å². The van der Waals surface area contributed by atoms with Crippen LogP contribution in [0.3, 0.4) is 0 Å². The zero-order chi connectivity index (χ0) is 21.8. The Morgan fingerprint density at radius 3 is 2.83 bits per heavy atom. The maximum atomic E-state index is 13.8. The molecule has 0 radical (unpaired) electrons. The van der Waals surface area contributed by atoms with E-state index >= 15 is 0 Å². The number of nitrogens with zero attached hydrogens (tertiary/aromatic N) is 2. The lowest BCUT2D eigenvalue weighted by molar-refractivity contribution is -0.127. The minimum atomic E-state index is -0.739. The normalized spacial score (nSPS) is 18.6. The molecule has 30 heavy (non-hydrogen) atoms. The van der Waals surface area contributed by atoms with Gasteiger partial charge in [0.15, 0.2) is 0 Å². The zero-order valence-corrected chi connectivity index (χ0v) is 17.3. The predicted octanol–water partition coefficient (Wildman–Crippen LogP) is 2.34. The predicted molar refractivity (Wildman–Crippen MR) is 111 cm³/mol. The summed E-state index contributed by atoms with van der Waals surface area (Å²) in [4.78, 5) is 40.9. The van der Waals surface area contributed by atoms with E-state index in [-0.39, 0.29) is 43.9 Å². The van der Waals surface area contributed by atoms with Gasteiger partial charge in [0.25, 0.3) is 5.91 Å². The van der Waals surface area contributed by atoms with E-state index in [2.05, 4.69) is 17.2 Å². The van der Waals surface area contributed by atoms with Crippen molar-refractivity contribution in [2.75, 3.05) is 26.2 Å². The molecule has 0 fully saturated rings. The van der Waals surface area contributed by atoms with Gasteiger partial charge in [0.2, 0.25) is 5.91 Å². The average molecular weight is 414 g/mol. The molecule has 1 aromatic carbocycles. The quantitative estimate of drug-likeness (QED) is 0.641. The molecule has 0 saturated carbocycles. The van der Waals surface area contributed by atoms with Gasteiger partial charge in [-0.3, -0.25) is 14.5 Å². The van der Waals surface area contributed by atoms with Crippen molar-refractivity contribution in [3.8, 4) is 0 Å². The number of rotatable bonds is 8. The molecule has 8 heteroatoms. The molecule has 2 aliphatic heterocycles. The van der Waals surface area contributed by atoms with Crippen LogP contribution >= 0.6 is 0 Å². The van der Waals surface area contributed by atoms with Crippen LogP contribution in [-0.4, -0.2) is 53.8 Å². The number of amides is 4. The molecule has 1 unspecified atom stereocenters. The first-order chi connectivity index (χ1) is 14.3. The first-order valence-electron chi connectivity index (χ1n) is 10.0. The van der Waals surface area contributed by atoms with Gasteiger partial charge in [0.1, 0.15) is 5.82 Å². The Hall–Kier alpha value is -3.16. The Bertz CT molecular complexity index is 896. The molecule has 160 valence electrons. The minimum Gasteiger partial charge on any atom is -0.356 e. The van der Waals surface area contributed by atoms with Crippen molar-refractivity contribution < 1.29 is 18.8 Å².